The normalized spacial score (nSPS) is 22.6. The molecule has 210 valence electrons. The Morgan fingerprint density at radius 3 is 2.29 bits per heavy atom. The molecule has 3 amide bonds. The summed E-state index contributed by atoms with van der Waals surface area (Å²) in [7, 11) is 1.26. The predicted octanol–water partition coefficient (Wildman–Crippen LogP) is 3.04. The van der Waals surface area contributed by atoms with Crippen LogP contribution in [0.1, 0.15) is 59.4 Å². The lowest BCUT2D eigenvalue weighted by molar-refractivity contribution is -0.145. The number of alkyl carbamates (subject to hydrolysis) is 1. The van der Waals surface area contributed by atoms with Crippen molar-refractivity contribution >= 4 is 23.9 Å². The third-order valence-corrected chi connectivity index (χ3v) is 5.76. The fraction of sp³-hybridized carbons (Fsp3) is 0.571. The van der Waals surface area contributed by atoms with E-state index in [4.69, 9.17) is 14.2 Å². The van der Waals surface area contributed by atoms with Crippen LogP contribution in [0.5, 0.6) is 5.75 Å². The number of carbonyl (C=O) groups is 4. The van der Waals surface area contributed by atoms with Crippen molar-refractivity contribution in [3.63, 3.8) is 0 Å². The summed E-state index contributed by atoms with van der Waals surface area (Å²) >= 11 is 0. The van der Waals surface area contributed by atoms with E-state index in [1.165, 1.54) is 7.11 Å². The maximum atomic E-state index is 13.4. The van der Waals surface area contributed by atoms with Gasteiger partial charge in [0.05, 0.1) is 13.7 Å². The Bertz CT molecular complexity index is 983. The fourth-order valence-corrected chi connectivity index (χ4v) is 3.80. The second kappa shape index (κ2) is 14.4. The fourth-order valence-electron chi connectivity index (χ4n) is 3.80. The number of amides is 3. The minimum atomic E-state index is -1.02. The second-order valence-corrected chi connectivity index (χ2v) is 10.5. The van der Waals surface area contributed by atoms with Crippen LogP contribution in [0.3, 0.4) is 0 Å². The van der Waals surface area contributed by atoms with E-state index in [1.54, 1.807) is 46.8 Å². The van der Waals surface area contributed by atoms with Crippen molar-refractivity contribution in [3.8, 4) is 5.75 Å². The van der Waals surface area contributed by atoms with Gasteiger partial charge in [-0.05, 0) is 63.6 Å². The number of ether oxygens (including phenoxy) is 3. The summed E-state index contributed by atoms with van der Waals surface area (Å²) in [5, 5.41) is 8.10. The molecule has 1 aromatic rings. The van der Waals surface area contributed by atoms with Crippen LogP contribution in [0.15, 0.2) is 36.4 Å². The molecule has 2 heterocycles. The van der Waals surface area contributed by atoms with Gasteiger partial charge in [-0.25, -0.2) is 9.59 Å². The van der Waals surface area contributed by atoms with Crippen molar-refractivity contribution in [2.75, 3.05) is 13.7 Å². The Morgan fingerprint density at radius 2 is 1.68 bits per heavy atom. The molecule has 3 N–H and O–H groups in total. The van der Waals surface area contributed by atoms with Crippen LogP contribution >= 0.6 is 0 Å². The van der Waals surface area contributed by atoms with Crippen LogP contribution < -0.4 is 20.7 Å². The average Bonchev–Trinajstić information content (AvgIpc) is 2.83. The Balaban J connectivity index is 2.36. The number of hydrogen-bond donors (Lipinski definition) is 3. The molecule has 2 bridgehead atoms. The average molecular weight is 532 g/mol. The van der Waals surface area contributed by atoms with Crippen molar-refractivity contribution < 1.29 is 33.4 Å². The van der Waals surface area contributed by atoms with Gasteiger partial charge in [0.25, 0.3) is 0 Å². The monoisotopic (exact) mass is 531 g/mol. The first-order valence-corrected chi connectivity index (χ1v) is 12.9. The Hall–Kier alpha value is -3.56. The quantitative estimate of drug-likeness (QED) is 0.403. The number of rotatable bonds is 3. The standard InChI is InChI=1S/C28H41N3O7/c1-18(2)23-25(33)29-21(26(34)36-6)11-9-7-8-10-16-37-20-14-12-19(13-15-20)17-22(24(32)31-23)30-27(35)38-28(3,4)5/h7-8,12-15,18,21-23H,9-11,16-17H2,1-6H3,(H,29,33)(H,30,35)(H,31,32)/b8-7-/t21-,22-,23-/m0/s1. The minimum absolute atomic E-state index is 0.158. The molecule has 0 spiro atoms. The van der Waals surface area contributed by atoms with Gasteiger partial charge in [0.1, 0.15) is 29.5 Å². The minimum Gasteiger partial charge on any atom is -0.493 e. The molecular weight excluding hydrogens is 490 g/mol. The number of nitrogens with one attached hydrogen (secondary N) is 3. The molecule has 0 fully saturated rings. The molecule has 0 aromatic heterocycles. The van der Waals surface area contributed by atoms with Crippen LogP contribution in [-0.4, -0.2) is 61.3 Å². The van der Waals surface area contributed by atoms with E-state index in [1.807, 2.05) is 24.3 Å². The zero-order chi connectivity index (χ0) is 28.3. The van der Waals surface area contributed by atoms with E-state index in [-0.39, 0.29) is 12.3 Å². The van der Waals surface area contributed by atoms with Gasteiger partial charge in [-0.15, -0.1) is 0 Å². The maximum Gasteiger partial charge on any atom is 0.408 e. The van der Waals surface area contributed by atoms with Crippen molar-refractivity contribution in [1.82, 2.24) is 16.0 Å². The van der Waals surface area contributed by atoms with Gasteiger partial charge in [-0.1, -0.05) is 38.1 Å². The van der Waals surface area contributed by atoms with Crippen molar-refractivity contribution in [1.29, 1.82) is 0 Å². The van der Waals surface area contributed by atoms with E-state index in [0.717, 1.165) is 5.56 Å². The first-order chi connectivity index (χ1) is 17.9. The predicted molar refractivity (Wildman–Crippen MR) is 143 cm³/mol. The summed E-state index contributed by atoms with van der Waals surface area (Å²) in [5.74, 6) is -1.26. The Labute approximate surface area is 224 Å². The zero-order valence-electron chi connectivity index (χ0n) is 23.2. The van der Waals surface area contributed by atoms with Gasteiger partial charge in [-0.3, -0.25) is 9.59 Å². The van der Waals surface area contributed by atoms with Gasteiger partial charge in [0.2, 0.25) is 11.8 Å². The van der Waals surface area contributed by atoms with Gasteiger partial charge < -0.3 is 30.2 Å². The van der Waals surface area contributed by atoms with E-state index in [9.17, 15) is 19.2 Å². The molecule has 10 nitrogen and oxygen atoms in total. The molecule has 2 aliphatic rings. The number of benzene rings is 1. The SMILES string of the molecule is COC(=O)[C@@H]1CC/C=C\CCOc2ccc(cc2)C[C@H](NC(=O)OC(C)(C)C)C(=O)N[C@@H](C(C)C)C(=O)N1. The molecule has 10 heteroatoms. The summed E-state index contributed by atoms with van der Waals surface area (Å²) < 4.78 is 16.0. The van der Waals surface area contributed by atoms with Gasteiger partial charge >= 0.3 is 12.1 Å². The van der Waals surface area contributed by atoms with Gasteiger partial charge in [-0.2, -0.15) is 0 Å². The number of allylic oxidation sites excluding steroid dienone is 1. The lowest BCUT2D eigenvalue weighted by Crippen LogP contribution is -2.58. The molecular formula is C28H41N3O7. The van der Waals surface area contributed by atoms with Crippen molar-refractivity contribution in [2.24, 2.45) is 5.92 Å². The summed E-state index contributed by atoms with van der Waals surface area (Å²) in [4.78, 5) is 51.5. The summed E-state index contributed by atoms with van der Waals surface area (Å²) in [6, 6.07) is 4.41. The number of methoxy groups -OCH3 is 1. The first-order valence-electron chi connectivity index (χ1n) is 12.9. The Kier molecular flexibility index (Phi) is 11.6. The van der Waals surface area contributed by atoms with E-state index in [0.29, 0.717) is 31.6 Å². The van der Waals surface area contributed by atoms with Crippen molar-refractivity contribution in [2.45, 2.75) is 84.0 Å². The molecule has 0 radical (unpaired) electrons. The molecule has 38 heavy (non-hydrogen) atoms. The lowest BCUT2D eigenvalue weighted by atomic mass is 10.00. The zero-order valence-corrected chi connectivity index (χ0v) is 23.2. The van der Waals surface area contributed by atoms with Crippen LogP contribution in [0.2, 0.25) is 0 Å². The summed E-state index contributed by atoms with van der Waals surface area (Å²) in [6.07, 6.45) is 4.84. The molecule has 2 aliphatic heterocycles. The van der Waals surface area contributed by atoms with E-state index in [2.05, 4.69) is 16.0 Å². The summed E-state index contributed by atoms with van der Waals surface area (Å²) in [5.41, 5.74) is 0.0222. The van der Waals surface area contributed by atoms with Crippen LogP contribution in [0.4, 0.5) is 4.79 Å². The van der Waals surface area contributed by atoms with Gasteiger partial charge in [0, 0.05) is 6.42 Å². The molecule has 3 atom stereocenters. The highest BCUT2D eigenvalue weighted by atomic mass is 16.6. The smallest absolute Gasteiger partial charge is 0.408 e. The molecule has 3 rings (SSSR count). The van der Waals surface area contributed by atoms with Crippen molar-refractivity contribution in [3.05, 3.63) is 42.0 Å². The highest BCUT2D eigenvalue weighted by Gasteiger charge is 2.32. The molecule has 0 aliphatic carbocycles. The molecule has 0 unspecified atom stereocenters. The van der Waals surface area contributed by atoms with E-state index >= 15 is 0 Å². The molecule has 0 saturated heterocycles. The number of esters is 1. The molecule has 1 aromatic carbocycles. The largest absolute Gasteiger partial charge is 0.493 e. The molecule has 0 saturated carbocycles. The third-order valence-electron chi connectivity index (χ3n) is 5.76. The van der Waals surface area contributed by atoms with Crippen LogP contribution in [0.25, 0.3) is 0 Å². The highest BCUT2D eigenvalue weighted by Crippen LogP contribution is 2.16. The third kappa shape index (κ3) is 10.4. The number of carbonyl (C=O) groups excluding carboxylic acids is 4. The maximum absolute atomic E-state index is 13.4. The second-order valence-electron chi connectivity index (χ2n) is 10.5. The number of fused-ring (bicyclic) bond motifs is 15. The Morgan fingerprint density at radius 1 is 1.03 bits per heavy atom. The van der Waals surface area contributed by atoms with Crippen LogP contribution in [0, 0.1) is 5.92 Å². The van der Waals surface area contributed by atoms with Gasteiger partial charge in [0.15, 0.2) is 0 Å². The first kappa shape index (κ1) is 30.7. The van der Waals surface area contributed by atoms with Crippen LogP contribution in [-0.2, 0) is 30.3 Å². The van der Waals surface area contributed by atoms with E-state index < -0.39 is 47.6 Å². The summed E-state index contributed by atoms with van der Waals surface area (Å²) in [6.45, 7) is 9.21. The highest BCUT2D eigenvalue weighted by molar-refractivity contribution is 5.93. The number of hydrogen-bond acceptors (Lipinski definition) is 7. The topological polar surface area (TPSA) is 132 Å². The lowest BCUT2D eigenvalue weighted by Gasteiger charge is -2.27.